The fraction of sp³-hybridized carbons (Fsp3) is 0.739. The Kier molecular flexibility index (Phi) is 9.70. The molecular weight excluding hydrogens is 380 g/mol. The van der Waals surface area contributed by atoms with E-state index in [1.54, 1.807) is 16.7 Å². The van der Waals surface area contributed by atoms with Crippen LogP contribution in [0.5, 0.6) is 0 Å². The fourth-order valence-corrected chi connectivity index (χ4v) is 4.07. The number of likely N-dealkylation sites (tertiary alicyclic amines) is 1. The Morgan fingerprint density at radius 3 is 2.83 bits per heavy atom. The smallest absolute Gasteiger partial charge is 0.250 e. The summed E-state index contributed by atoms with van der Waals surface area (Å²) in [5.74, 6) is 1.00. The summed E-state index contributed by atoms with van der Waals surface area (Å²) in [7, 11) is 0. The van der Waals surface area contributed by atoms with Crippen molar-refractivity contribution in [3.05, 3.63) is 34.7 Å². The van der Waals surface area contributed by atoms with Gasteiger partial charge in [-0.15, -0.1) is 0 Å². The van der Waals surface area contributed by atoms with E-state index in [1.165, 1.54) is 12.8 Å². The Bertz CT molecular complexity index is 692. The van der Waals surface area contributed by atoms with Gasteiger partial charge in [0.2, 0.25) is 5.56 Å². The molecule has 7 nitrogen and oxygen atoms in total. The summed E-state index contributed by atoms with van der Waals surface area (Å²) in [6.07, 6.45) is 10.0. The van der Waals surface area contributed by atoms with Crippen LogP contribution < -0.4 is 10.9 Å². The summed E-state index contributed by atoms with van der Waals surface area (Å²) in [6, 6.07) is 5.29. The van der Waals surface area contributed by atoms with Crippen LogP contribution in [0.3, 0.4) is 0 Å². The van der Waals surface area contributed by atoms with Crippen molar-refractivity contribution in [1.29, 1.82) is 0 Å². The number of aliphatic imine (C=N–C) groups is 1. The first-order valence-corrected chi connectivity index (χ1v) is 11.7. The van der Waals surface area contributed by atoms with E-state index in [2.05, 4.69) is 17.1 Å². The summed E-state index contributed by atoms with van der Waals surface area (Å²) in [5.41, 5.74) is 0.0643. The first-order chi connectivity index (χ1) is 14.8. The van der Waals surface area contributed by atoms with Crippen molar-refractivity contribution in [3.8, 4) is 0 Å². The number of hydrogen-bond acceptors (Lipinski definition) is 4. The van der Waals surface area contributed by atoms with Crippen molar-refractivity contribution in [2.24, 2.45) is 4.99 Å². The van der Waals surface area contributed by atoms with E-state index < -0.39 is 0 Å². The van der Waals surface area contributed by atoms with Gasteiger partial charge in [0.25, 0.3) is 0 Å². The van der Waals surface area contributed by atoms with Crippen LogP contribution in [-0.4, -0.2) is 67.0 Å². The van der Waals surface area contributed by atoms with Crippen molar-refractivity contribution < 1.29 is 9.47 Å². The van der Waals surface area contributed by atoms with Crippen LogP contribution in [0.15, 0.2) is 34.2 Å². The van der Waals surface area contributed by atoms with Gasteiger partial charge in [0, 0.05) is 51.6 Å². The molecule has 0 spiro atoms. The predicted octanol–water partition coefficient (Wildman–Crippen LogP) is 2.64. The number of ether oxygens (including phenoxy) is 2. The maximum atomic E-state index is 11.7. The Labute approximate surface area is 180 Å². The Balaban J connectivity index is 1.36. The topological polar surface area (TPSA) is 68.1 Å². The molecule has 1 atom stereocenters. The van der Waals surface area contributed by atoms with Crippen LogP contribution in [0, 0.1) is 0 Å². The number of hydrogen-bond donors (Lipinski definition) is 1. The van der Waals surface area contributed by atoms with E-state index in [0.29, 0.717) is 12.2 Å². The molecule has 1 aromatic heterocycles. The number of nitrogens with one attached hydrogen (secondary N) is 1. The van der Waals surface area contributed by atoms with Crippen molar-refractivity contribution in [1.82, 2.24) is 14.8 Å². The molecule has 2 aliphatic rings. The van der Waals surface area contributed by atoms with E-state index in [0.717, 1.165) is 84.0 Å². The highest BCUT2D eigenvalue weighted by Gasteiger charge is 2.23. The molecule has 3 heterocycles. The van der Waals surface area contributed by atoms with Crippen molar-refractivity contribution in [2.45, 2.75) is 70.6 Å². The normalized spacial score (nSPS) is 21.0. The zero-order valence-electron chi connectivity index (χ0n) is 18.4. The molecule has 2 saturated heterocycles. The van der Waals surface area contributed by atoms with Gasteiger partial charge < -0.3 is 24.3 Å². The molecule has 0 radical (unpaired) electrons. The second-order valence-corrected chi connectivity index (χ2v) is 8.18. The maximum Gasteiger partial charge on any atom is 0.250 e. The molecule has 0 saturated carbocycles. The third-order valence-electron chi connectivity index (χ3n) is 5.84. The van der Waals surface area contributed by atoms with E-state index in [4.69, 9.17) is 14.5 Å². The highest BCUT2D eigenvalue weighted by Crippen LogP contribution is 2.18. The lowest BCUT2D eigenvalue weighted by Crippen LogP contribution is -2.47. The van der Waals surface area contributed by atoms with E-state index in [-0.39, 0.29) is 5.56 Å². The summed E-state index contributed by atoms with van der Waals surface area (Å²) < 4.78 is 13.7. The standard InChI is InChI=1S/C23H38N4O3/c1-2-24-23(25-13-5-7-15-26-14-6-3-10-22(26)28)27-16-11-20(12-17-27)30-19-21-9-4-8-18-29-21/h3,6,10,14,20-21H,2,4-5,7-9,11-13,15-19H2,1H3,(H,24,25). The summed E-state index contributed by atoms with van der Waals surface area (Å²) in [5, 5.41) is 3.43. The molecule has 1 unspecified atom stereocenters. The average Bonchev–Trinajstić information content (AvgIpc) is 2.79. The molecule has 2 fully saturated rings. The Hall–Kier alpha value is -1.86. The number of piperidine rings is 1. The van der Waals surface area contributed by atoms with Gasteiger partial charge in [-0.3, -0.25) is 9.79 Å². The lowest BCUT2D eigenvalue weighted by molar-refractivity contribution is -0.0721. The molecule has 1 aromatic rings. The van der Waals surface area contributed by atoms with E-state index in [1.807, 2.05) is 12.3 Å². The first kappa shape index (κ1) is 22.8. The highest BCUT2D eigenvalue weighted by atomic mass is 16.5. The zero-order valence-corrected chi connectivity index (χ0v) is 18.4. The van der Waals surface area contributed by atoms with Crippen LogP contribution in [0.25, 0.3) is 0 Å². The minimum absolute atomic E-state index is 0.0643. The van der Waals surface area contributed by atoms with Crippen LogP contribution in [-0.2, 0) is 16.0 Å². The van der Waals surface area contributed by atoms with Gasteiger partial charge in [-0.1, -0.05) is 6.07 Å². The molecule has 168 valence electrons. The number of aryl methyl sites for hydroxylation is 1. The first-order valence-electron chi connectivity index (χ1n) is 11.7. The third-order valence-corrected chi connectivity index (χ3v) is 5.84. The molecule has 0 amide bonds. The molecule has 0 aromatic carbocycles. The Morgan fingerprint density at radius 2 is 2.10 bits per heavy atom. The van der Waals surface area contributed by atoms with Crippen LogP contribution in [0.4, 0.5) is 0 Å². The van der Waals surface area contributed by atoms with Gasteiger partial charge in [0.1, 0.15) is 0 Å². The quantitative estimate of drug-likeness (QED) is 0.379. The lowest BCUT2D eigenvalue weighted by Gasteiger charge is -2.35. The Morgan fingerprint density at radius 1 is 1.23 bits per heavy atom. The fourth-order valence-electron chi connectivity index (χ4n) is 4.07. The van der Waals surface area contributed by atoms with Gasteiger partial charge in [-0.2, -0.15) is 0 Å². The van der Waals surface area contributed by atoms with E-state index in [9.17, 15) is 4.79 Å². The number of rotatable bonds is 9. The monoisotopic (exact) mass is 418 g/mol. The largest absolute Gasteiger partial charge is 0.376 e. The van der Waals surface area contributed by atoms with Crippen molar-refractivity contribution >= 4 is 5.96 Å². The number of pyridine rings is 1. The van der Waals surface area contributed by atoms with Gasteiger partial charge in [-0.25, -0.2) is 0 Å². The van der Waals surface area contributed by atoms with Crippen LogP contribution in [0.1, 0.15) is 51.9 Å². The third kappa shape index (κ3) is 7.43. The molecular formula is C23H38N4O3. The summed E-state index contributed by atoms with van der Waals surface area (Å²) >= 11 is 0. The van der Waals surface area contributed by atoms with Crippen molar-refractivity contribution in [3.63, 3.8) is 0 Å². The number of nitrogens with zero attached hydrogens (tertiary/aromatic N) is 3. The summed E-state index contributed by atoms with van der Waals surface area (Å²) in [6.45, 7) is 8.08. The minimum Gasteiger partial charge on any atom is -0.376 e. The SMILES string of the molecule is CCNC(=NCCCCn1ccccc1=O)N1CCC(OCC2CCCCO2)CC1. The maximum absolute atomic E-state index is 11.7. The van der Waals surface area contributed by atoms with Gasteiger partial charge >= 0.3 is 0 Å². The summed E-state index contributed by atoms with van der Waals surface area (Å²) in [4.78, 5) is 18.9. The average molecular weight is 419 g/mol. The van der Waals surface area contributed by atoms with Gasteiger partial charge in [-0.05, 0) is 57.9 Å². The van der Waals surface area contributed by atoms with Crippen LogP contribution in [0.2, 0.25) is 0 Å². The number of aromatic nitrogens is 1. The lowest BCUT2D eigenvalue weighted by atomic mass is 10.1. The van der Waals surface area contributed by atoms with Gasteiger partial charge in [0.05, 0.1) is 18.8 Å². The second kappa shape index (κ2) is 12.7. The van der Waals surface area contributed by atoms with Gasteiger partial charge in [0.15, 0.2) is 5.96 Å². The highest BCUT2D eigenvalue weighted by molar-refractivity contribution is 5.80. The van der Waals surface area contributed by atoms with E-state index >= 15 is 0 Å². The number of guanidine groups is 1. The molecule has 30 heavy (non-hydrogen) atoms. The van der Waals surface area contributed by atoms with Crippen LogP contribution >= 0.6 is 0 Å². The predicted molar refractivity (Wildman–Crippen MR) is 120 cm³/mol. The second-order valence-electron chi connectivity index (χ2n) is 8.18. The zero-order chi connectivity index (χ0) is 21.0. The minimum atomic E-state index is 0.0643. The molecule has 1 N–H and O–H groups in total. The molecule has 2 aliphatic heterocycles. The number of unbranched alkanes of at least 4 members (excludes halogenated alkanes) is 1. The van der Waals surface area contributed by atoms with Crippen molar-refractivity contribution in [2.75, 3.05) is 39.4 Å². The molecule has 7 heteroatoms. The molecule has 0 bridgehead atoms. The molecule has 0 aliphatic carbocycles. The molecule has 3 rings (SSSR count).